The molecule has 0 spiro atoms. The first kappa shape index (κ1) is 12.4. The van der Waals surface area contributed by atoms with E-state index in [2.05, 4.69) is 5.32 Å². The van der Waals surface area contributed by atoms with Crippen LogP contribution in [0.3, 0.4) is 0 Å². The highest BCUT2D eigenvalue weighted by molar-refractivity contribution is 5.76. The van der Waals surface area contributed by atoms with Gasteiger partial charge >= 0.3 is 0 Å². The molecule has 0 aromatic heterocycles. The van der Waals surface area contributed by atoms with Gasteiger partial charge in [-0.15, -0.1) is 0 Å². The van der Waals surface area contributed by atoms with Crippen molar-refractivity contribution < 1.29 is 14.3 Å². The van der Waals surface area contributed by atoms with Crippen LogP contribution in [0, 0.1) is 0 Å². The molecule has 1 saturated heterocycles. The van der Waals surface area contributed by atoms with Gasteiger partial charge in [0.15, 0.2) is 0 Å². The molecule has 1 atom stereocenters. The van der Waals surface area contributed by atoms with Gasteiger partial charge in [0, 0.05) is 33.8 Å². The molecule has 1 unspecified atom stereocenters. The van der Waals surface area contributed by atoms with Crippen LogP contribution >= 0.6 is 0 Å². The average Bonchev–Trinajstić information content (AvgIpc) is 2.27. The zero-order chi connectivity index (χ0) is 11.1. The van der Waals surface area contributed by atoms with Crippen molar-refractivity contribution in [1.29, 1.82) is 0 Å². The Morgan fingerprint density at radius 2 is 2.47 bits per heavy atom. The normalized spacial score (nSPS) is 21.3. The second kappa shape index (κ2) is 6.76. The summed E-state index contributed by atoms with van der Waals surface area (Å²) in [5, 5.41) is 3.20. The number of ether oxygens (including phenoxy) is 2. The summed E-state index contributed by atoms with van der Waals surface area (Å²) in [4.78, 5) is 13.4. The van der Waals surface area contributed by atoms with Crippen LogP contribution in [0.1, 0.15) is 6.42 Å². The molecule has 1 fully saturated rings. The van der Waals surface area contributed by atoms with Gasteiger partial charge in [0.05, 0.1) is 25.7 Å². The molecule has 1 rings (SSSR count). The van der Waals surface area contributed by atoms with Gasteiger partial charge in [-0.3, -0.25) is 4.79 Å². The predicted octanol–water partition coefficient (Wildman–Crippen LogP) is -0.530. The Morgan fingerprint density at radius 3 is 3.07 bits per heavy atom. The summed E-state index contributed by atoms with van der Waals surface area (Å²) in [6.07, 6.45) is 0.476. The van der Waals surface area contributed by atoms with Gasteiger partial charge in [0.2, 0.25) is 5.91 Å². The SMILES string of the molecule is COCCN(C)C(=O)CC1CNCCO1. The Hall–Kier alpha value is -0.650. The molecule has 0 saturated carbocycles. The summed E-state index contributed by atoms with van der Waals surface area (Å²) < 4.78 is 10.4. The number of carbonyl (C=O) groups is 1. The number of likely N-dealkylation sites (N-methyl/N-ethyl adjacent to an activating group) is 1. The van der Waals surface area contributed by atoms with Crippen LogP contribution in [0.15, 0.2) is 0 Å². The molecule has 1 aliphatic rings. The number of methoxy groups -OCH3 is 1. The van der Waals surface area contributed by atoms with Crippen LogP contribution in [0.4, 0.5) is 0 Å². The Labute approximate surface area is 90.7 Å². The third-order valence-corrected chi connectivity index (χ3v) is 2.46. The number of nitrogens with one attached hydrogen (secondary N) is 1. The third-order valence-electron chi connectivity index (χ3n) is 2.46. The summed E-state index contributed by atoms with van der Waals surface area (Å²) in [5.74, 6) is 0.112. The van der Waals surface area contributed by atoms with Crippen molar-refractivity contribution in [3.63, 3.8) is 0 Å². The highest BCUT2D eigenvalue weighted by atomic mass is 16.5. The molecule has 1 amide bonds. The number of hydrogen-bond donors (Lipinski definition) is 1. The summed E-state index contributed by atoms with van der Waals surface area (Å²) >= 11 is 0. The van der Waals surface area contributed by atoms with Crippen molar-refractivity contribution >= 4 is 5.91 Å². The fourth-order valence-corrected chi connectivity index (χ4v) is 1.45. The lowest BCUT2D eigenvalue weighted by atomic mass is 10.2. The topological polar surface area (TPSA) is 50.8 Å². The first-order valence-electron chi connectivity index (χ1n) is 5.29. The van der Waals surface area contributed by atoms with E-state index in [1.807, 2.05) is 0 Å². The van der Waals surface area contributed by atoms with Crippen LogP contribution in [-0.4, -0.2) is 63.9 Å². The quantitative estimate of drug-likeness (QED) is 0.671. The predicted molar refractivity (Wildman–Crippen MR) is 56.7 cm³/mol. The second-order valence-electron chi connectivity index (χ2n) is 3.71. The fourth-order valence-electron chi connectivity index (χ4n) is 1.45. The molecular formula is C10H20N2O3. The van der Waals surface area contributed by atoms with Gasteiger partial charge in [-0.05, 0) is 0 Å². The van der Waals surface area contributed by atoms with Gasteiger partial charge in [-0.2, -0.15) is 0 Å². The summed E-state index contributed by atoms with van der Waals surface area (Å²) in [6, 6.07) is 0. The largest absolute Gasteiger partial charge is 0.383 e. The van der Waals surface area contributed by atoms with Crippen molar-refractivity contribution in [2.45, 2.75) is 12.5 Å². The highest BCUT2D eigenvalue weighted by Crippen LogP contribution is 2.03. The number of rotatable bonds is 5. The van der Waals surface area contributed by atoms with E-state index >= 15 is 0 Å². The van der Waals surface area contributed by atoms with Crippen LogP contribution in [0.5, 0.6) is 0 Å². The Kier molecular flexibility index (Phi) is 5.60. The average molecular weight is 216 g/mol. The van der Waals surface area contributed by atoms with Gasteiger partial charge in [-0.25, -0.2) is 0 Å². The standard InChI is InChI=1S/C10H20N2O3/c1-12(4-6-14-2)10(13)7-9-8-11-3-5-15-9/h9,11H,3-8H2,1-2H3. The zero-order valence-electron chi connectivity index (χ0n) is 9.49. The van der Waals surface area contributed by atoms with E-state index in [9.17, 15) is 4.79 Å². The molecule has 1 heterocycles. The highest BCUT2D eigenvalue weighted by Gasteiger charge is 2.19. The molecule has 0 aliphatic carbocycles. The van der Waals surface area contributed by atoms with E-state index in [1.54, 1.807) is 19.1 Å². The molecule has 0 aromatic rings. The zero-order valence-corrected chi connectivity index (χ0v) is 9.49. The van der Waals surface area contributed by atoms with Crippen molar-refractivity contribution in [1.82, 2.24) is 10.2 Å². The third kappa shape index (κ3) is 4.59. The molecule has 0 radical (unpaired) electrons. The van der Waals surface area contributed by atoms with E-state index in [0.717, 1.165) is 13.1 Å². The molecule has 1 N–H and O–H groups in total. The number of amides is 1. The van der Waals surface area contributed by atoms with Gasteiger partial charge in [0.25, 0.3) is 0 Å². The van der Waals surface area contributed by atoms with Crippen LogP contribution in [0.2, 0.25) is 0 Å². The van der Waals surface area contributed by atoms with Crippen molar-refractivity contribution in [2.75, 3.05) is 47.0 Å². The van der Waals surface area contributed by atoms with Crippen molar-refractivity contribution in [3.8, 4) is 0 Å². The maximum Gasteiger partial charge on any atom is 0.225 e. The minimum absolute atomic E-state index is 0.0243. The van der Waals surface area contributed by atoms with Crippen molar-refractivity contribution in [2.24, 2.45) is 0 Å². The van der Waals surface area contributed by atoms with E-state index < -0.39 is 0 Å². The Balaban J connectivity index is 2.20. The molecule has 0 aromatic carbocycles. The number of nitrogens with zero attached hydrogens (tertiary/aromatic N) is 1. The van der Waals surface area contributed by atoms with E-state index in [-0.39, 0.29) is 12.0 Å². The molecule has 88 valence electrons. The Morgan fingerprint density at radius 1 is 1.67 bits per heavy atom. The Bertz CT molecular complexity index is 193. The van der Waals surface area contributed by atoms with Crippen molar-refractivity contribution in [3.05, 3.63) is 0 Å². The number of morpholine rings is 1. The summed E-state index contributed by atoms with van der Waals surface area (Å²) in [6.45, 7) is 3.55. The lowest BCUT2D eigenvalue weighted by molar-refractivity contribution is -0.133. The van der Waals surface area contributed by atoms with Crippen LogP contribution in [-0.2, 0) is 14.3 Å². The molecule has 5 heteroatoms. The fraction of sp³-hybridized carbons (Fsp3) is 0.900. The summed E-state index contributed by atoms with van der Waals surface area (Å²) in [7, 11) is 3.42. The smallest absolute Gasteiger partial charge is 0.225 e. The number of carbonyl (C=O) groups excluding carboxylic acids is 1. The maximum absolute atomic E-state index is 11.7. The van der Waals surface area contributed by atoms with E-state index in [4.69, 9.17) is 9.47 Å². The first-order valence-corrected chi connectivity index (χ1v) is 5.29. The first-order chi connectivity index (χ1) is 7.24. The molecular weight excluding hydrogens is 196 g/mol. The summed E-state index contributed by atoms with van der Waals surface area (Å²) in [5.41, 5.74) is 0. The monoisotopic (exact) mass is 216 g/mol. The van der Waals surface area contributed by atoms with Gasteiger partial charge in [-0.1, -0.05) is 0 Å². The van der Waals surface area contributed by atoms with Gasteiger partial charge in [0.1, 0.15) is 0 Å². The number of hydrogen-bond acceptors (Lipinski definition) is 4. The second-order valence-corrected chi connectivity index (χ2v) is 3.71. The lowest BCUT2D eigenvalue weighted by Crippen LogP contribution is -2.42. The molecule has 15 heavy (non-hydrogen) atoms. The maximum atomic E-state index is 11.7. The van der Waals surface area contributed by atoms with Crippen LogP contribution in [0.25, 0.3) is 0 Å². The molecule has 1 aliphatic heterocycles. The molecule has 5 nitrogen and oxygen atoms in total. The minimum Gasteiger partial charge on any atom is -0.383 e. The lowest BCUT2D eigenvalue weighted by Gasteiger charge is -2.25. The van der Waals surface area contributed by atoms with Gasteiger partial charge < -0.3 is 19.7 Å². The van der Waals surface area contributed by atoms with E-state index in [1.165, 1.54) is 0 Å². The van der Waals surface area contributed by atoms with Crippen LogP contribution < -0.4 is 5.32 Å². The van der Waals surface area contributed by atoms with E-state index in [0.29, 0.717) is 26.2 Å². The molecule has 0 bridgehead atoms. The minimum atomic E-state index is 0.0243.